The van der Waals surface area contributed by atoms with Crippen molar-refractivity contribution in [3.63, 3.8) is 0 Å². The van der Waals surface area contributed by atoms with Crippen LogP contribution in [0.15, 0.2) is 60.8 Å². The number of pyridine rings is 1. The molecule has 0 saturated heterocycles. The van der Waals surface area contributed by atoms with E-state index in [9.17, 15) is 0 Å². The minimum absolute atomic E-state index is 0.630. The van der Waals surface area contributed by atoms with Crippen molar-refractivity contribution in [1.82, 2.24) is 4.98 Å². The molecular weight excluding hydrogens is 236 g/mol. The summed E-state index contributed by atoms with van der Waals surface area (Å²) in [7, 11) is 0. The maximum atomic E-state index is 5.35. The molecule has 4 nitrogen and oxygen atoms in total. The SMILES string of the molecule is NNc1cc(Nc2ccc3ccccc3c2)ccn1. The number of rotatable bonds is 3. The number of nitrogens with zero attached hydrogens (tertiary/aromatic N) is 1. The molecule has 0 atom stereocenters. The minimum Gasteiger partial charge on any atom is -0.355 e. The van der Waals surface area contributed by atoms with E-state index >= 15 is 0 Å². The number of benzene rings is 2. The molecule has 0 radical (unpaired) electrons. The zero-order chi connectivity index (χ0) is 13.1. The third-order valence-corrected chi connectivity index (χ3v) is 2.95. The fraction of sp³-hybridized carbons (Fsp3) is 0. The molecule has 0 unspecified atom stereocenters. The molecule has 0 spiro atoms. The molecule has 3 rings (SSSR count). The normalized spacial score (nSPS) is 10.4. The van der Waals surface area contributed by atoms with Gasteiger partial charge in [-0.15, -0.1) is 0 Å². The van der Waals surface area contributed by atoms with Crippen LogP contribution in [0.5, 0.6) is 0 Å². The quantitative estimate of drug-likeness (QED) is 0.493. The molecule has 0 amide bonds. The molecule has 19 heavy (non-hydrogen) atoms. The summed E-state index contributed by atoms with van der Waals surface area (Å²) >= 11 is 0. The van der Waals surface area contributed by atoms with Gasteiger partial charge in [-0.05, 0) is 29.0 Å². The first kappa shape index (κ1) is 11.5. The molecular formula is C15H14N4. The number of anilines is 3. The molecule has 4 N–H and O–H groups in total. The molecule has 4 heteroatoms. The average Bonchev–Trinajstić information content (AvgIpc) is 2.47. The highest BCUT2D eigenvalue weighted by Gasteiger charge is 1.98. The predicted molar refractivity (Wildman–Crippen MR) is 79.3 cm³/mol. The fourth-order valence-corrected chi connectivity index (χ4v) is 2.02. The lowest BCUT2D eigenvalue weighted by atomic mass is 10.1. The number of nitrogens with two attached hydrogens (primary N) is 1. The number of nitrogen functional groups attached to an aromatic ring is 1. The average molecular weight is 250 g/mol. The Morgan fingerprint density at radius 2 is 1.63 bits per heavy atom. The van der Waals surface area contributed by atoms with E-state index < -0.39 is 0 Å². The number of aromatic nitrogens is 1. The van der Waals surface area contributed by atoms with E-state index in [0.29, 0.717) is 5.82 Å². The van der Waals surface area contributed by atoms with Crippen molar-refractivity contribution in [1.29, 1.82) is 0 Å². The summed E-state index contributed by atoms with van der Waals surface area (Å²) in [6, 6.07) is 18.3. The van der Waals surface area contributed by atoms with Gasteiger partial charge in [0.2, 0.25) is 0 Å². The summed E-state index contributed by atoms with van der Waals surface area (Å²) in [6.45, 7) is 0. The van der Waals surface area contributed by atoms with Crippen molar-refractivity contribution in [2.45, 2.75) is 0 Å². The molecule has 0 aliphatic rings. The number of hydrogen-bond acceptors (Lipinski definition) is 4. The van der Waals surface area contributed by atoms with Gasteiger partial charge >= 0.3 is 0 Å². The van der Waals surface area contributed by atoms with Crippen LogP contribution in [0.4, 0.5) is 17.2 Å². The highest BCUT2D eigenvalue weighted by atomic mass is 15.2. The van der Waals surface area contributed by atoms with Gasteiger partial charge in [0.15, 0.2) is 0 Å². The molecule has 0 saturated carbocycles. The summed E-state index contributed by atoms with van der Waals surface area (Å²) in [5, 5.41) is 5.77. The Labute approximate surface area is 111 Å². The number of hydrogen-bond donors (Lipinski definition) is 3. The summed E-state index contributed by atoms with van der Waals surface area (Å²) in [5.41, 5.74) is 4.51. The standard InChI is InChI=1S/C15H14N4/c16-19-15-10-14(7-8-17-15)18-13-6-5-11-3-1-2-4-12(11)9-13/h1-10H,16H2,(H2,17,18,19). The van der Waals surface area contributed by atoms with Crippen LogP contribution < -0.4 is 16.6 Å². The Kier molecular flexibility index (Phi) is 3.00. The van der Waals surface area contributed by atoms with Crippen molar-refractivity contribution < 1.29 is 0 Å². The van der Waals surface area contributed by atoms with Crippen molar-refractivity contribution >= 4 is 28.0 Å². The van der Waals surface area contributed by atoms with Crippen LogP contribution in [-0.4, -0.2) is 4.98 Å². The van der Waals surface area contributed by atoms with E-state index in [-0.39, 0.29) is 0 Å². The molecule has 0 bridgehead atoms. The van der Waals surface area contributed by atoms with Gasteiger partial charge < -0.3 is 10.7 Å². The second kappa shape index (κ2) is 4.96. The van der Waals surface area contributed by atoms with Crippen molar-refractivity contribution in [2.75, 3.05) is 10.7 Å². The Morgan fingerprint density at radius 1 is 0.842 bits per heavy atom. The molecule has 3 aromatic rings. The Morgan fingerprint density at radius 3 is 2.47 bits per heavy atom. The number of nitrogens with one attached hydrogen (secondary N) is 2. The summed E-state index contributed by atoms with van der Waals surface area (Å²) in [6.07, 6.45) is 1.71. The van der Waals surface area contributed by atoms with E-state index in [0.717, 1.165) is 11.4 Å². The van der Waals surface area contributed by atoms with Gasteiger partial charge in [-0.3, -0.25) is 0 Å². The molecule has 0 fully saturated rings. The Hall–Kier alpha value is -2.59. The maximum absolute atomic E-state index is 5.35. The van der Waals surface area contributed by atoms with Crippen LogP contribution in [0, 0.1) is 0 Å². The third kappa shape index (κ3) is 2.48. The molecule has 0 aliphatic carbocycles. The van der Waals surface area contributed by atoms with E-state index in [1.165, 1.54) is 10.8 Å². The monoisotopic (exact) mass is 250 g/mol. The van der Waals surface area contributed by atoms with Crippen LogP contribution >= 0.6 is 0 Å². The zero-order valence-electron chi connectivity index (χ0n) is 10.3. The first-order valence-electron chi connectivity index (χ1n) is 6.04. The summed E-state index contributed by atoms with van der Waals surface area (Å²) in [5.74, 6) is 5.98. The summed E-state index contributed by atoms with van der Waals surface area (Å²) < 4.78 is 0. The molecule has 1 aromatic heterocycles. The molecule has 1 heterocycles. The predicted octanol–water partition coefficient (Wildman–Crippen LogP) is 3.26. The summed E-state index contributed by atoms with van der Waals surface area (Å²) in [4.78, 5) is 4.07. The highest BCUT2D eigenvalue weighted by molar-refractivity contribution is 5.86. The lowest BCUT2D eigenvalue weighted by molar-refractivity contribution is 1.23. The number of hydrazine groups is 1. The highest BCUT2D eigenvalue weighted by Crippen LogP contribution is 2.22. The smallest absolute Gasteiger partial charge is 0.141 e. The van der Waals surface area contributed by atoms with Crippen LogP contribution in [0.2, 0.25) is 0 Å². The fourth-order valence-electron chi connectivity index (χ4n) is 2.02. The first-order valence-corrected chi connectivity index (χ1v) is 6.04. The van der Waals surface area contributed by atoms with Gasteiger partial charge in [-0.1, -0.05) is 30.3 Å². The van der Waals surface area contributed by atoms with Gasteiger partial charge in [0.1, 0.15) is 5.82 Å². The number of fused-ring (bicyclic) bond motifs is 1. The minimum atomic E-state index is 0.630. The van der Waals surface area contributed by atoms with Gasteiger partial charge in [-0.2, -0.15) is 0 Å². The second-order valence-electron chi connectivity index (χ2n) is 4.26. The van der Waals surface area contributed by atoms with Crippen molar-refractivity contribution in [3.05, 3.63) is 60.8 Å². The van der Waals surface area contributed by atoms with Crippen molar-refractivity contribution in [3.8, 4) is 0 Å². The van der Waals surface area contributed by atoms with Gasteiger partial charge in [0.05, 0.1) is 0 Å². The largest absolute Gasteiger partial charge is 0.355 e. The van der Waals surface area contributed by atoms with Gasteiger partial charge in [-0.25, -0.2) is 10.8 Å². The van der Waals surface area contributed by atoms with E-state index in [1.807, 2.05) is 24.3 Å². The van der Waals surface area contributed by atoms with Crippen LogP contribution in [-0.2, 0) is 0 Å². The zero-order valence-corrected chi connectivity index (χ0v) is 10.3. The van der Waals surface area contributed by atoms with Crippen LogP contribution in [0.25, 0.3) is 10.8 Å². The van der Waals surface area contributed by atoms with Gasteiger partial charge in [0, 0.05) is 23.6 Å². The lowest BCUT2D eigenvalue weighted by Crippen LogP contribution is -2.08. The molecule has 2 aromatic carbocycles. The topological polar surface area (TPSA) is 63.0 Å². The lowest BCUT2D eigenvalue weighted by Gasteiger charge is -2.08. The third-order valence-electron chi connectivity index (χ3n) is 2.95. The maximum Gasteiger partial charge on any atom is 0.141 e. The molecule has 0 aliphatic heterocycles. The van der Waals surface area contributed by atoms with Crippen LogP contribution in [0.1, 0.15) is 0 Å². The van der Waals surface area contributed by atoms with Crippen LogP contribution in [0.3, 0.4) is 0 Å². The van der Waals surface area contributed by atoms with E-state index in [1.54, 1.807) is 6.20 Å². The first-order chi connectivity index (χ1) is 9.35. The molecule has 94 valence electrons. The Balaban J connectivity index is 1.92. The second-order valence-corrected chi connectivity index (χ2v) is 4.26. The van der Waals surface area contributed by atoms with E-state index in [4.69, 9.17) is 5.84 Å². The Bertz CT molecular complexity index is 709. The van der Waals surface area contributed by atoms with E-state index in [2.05, 4.69) is 46.1 Å². The van der Waals surface area contributed by atoms with Gasteiger partial charge in [0.25, 0.3) is 0 Å². The van der Waals surface area contributed by atoms with Crippen molar-refractivity contribution in [2.24, 2.45) is 5.84 Å².